The van der Waals surface area contributed by atoms with E-state index in [-0.39, 0.29) is 0 Å². The minimum atomic E-state index is 0.322. The fourth-order valence-electron chi connectivity index (χ4n) is 3.69. The Morgan fingerprint density at radius 2 is 0.389 bits per heavy atom. The van der Waals surface area contributed by atoms with E-state index in [1.807, 2.05) is 82.3 Å². The maximum Gasteiger partial charge on any atom is 0.115 e. The first-order valence-corrected chi connectivity index (χ1v) is 19.7. The molecule has 3 heteroatoms. The molecule has 3 N–H and O–H groups in total. The zero-order valence-electron chi connectivity index (χ0n) is 35.1. The standard InChI is InChI=1S/2C10H14.3C6H6O.C6H6.C3H8.2C2H6/c2*1-3-9-5-7-10(4-2)8-6-9;3*7-6-4-2-1-3-5-6;1-2-4-6-5-3-1;1-3-2;2*1-2/h2*5-8H,3-4H2,1-2H3;3*1-5,7H;1-6H;3H2,1-2H3;2*1-2H3. The highest BCUT2D eigenvalue weighted by molar-refractivity contribution is 5.23. The average molecular weight is 733 g/mol. The van der Waals surface area contributed by atoms with Gasteiger partial charge in [0.05, 0.1) is 0 Å². The Morgan fingerprint density at radius 3 is 0.481 bits per heavy atom. The van der Waals surface area contributed by atoms with E-state index in [1.165, 1.54) is 28.7 Å². The van der Waals surface area contributed by atoms with Gasteiger partial charge in [0.15, 0.2) is 0 Å². The highest BCUT2D eigenvalue weighted by Gasteiger charge is 1.89. The van der Waals surface area contributed by atoms with Crippen molar-refractivity contribution in [3.63, 3.8) is 0 Å². The summed E-state index contributed by atoms with van der Waals surface area (Å²) >= 11 is 0. The molecule has 0 heterocycles. The molecule has 0 aliphatic carbocycles. The van der Waals surface area contributed by atoms with Gasteiger partial charge in [-0.25, -0.2) is 0 Å². The monoisotopic (exact) mass is 733 g/mol. The van der Waals surface area contributed by atoms with Gasteiger partial charge in [-0.1, -0.05) is 215 Å². The van der Waals surface area contributed by atoms with Crippen molar-refractivity contribution in [2.75, 3.05) is 0 Å². The van der Waals surface area contributed by atoms with E-state index in [9.17, 15) is 0 Å². The van der Waals surface area contributed by atoms with Gasteiger partial charge in [0.25, 0.3) is 0 Å². The molecule has 294 valence electrons. The molecule has 0 aliphatic rings. The predicted molar refractivity (Wildman–Crippen MR) is 240 cm³/mol. The number of rotatable bonds is 4. The van der Waals surface area contributed by atoms with Crippen LogP contribution < -0.4 is 0 Å². The normalized spacial score (nSPS) is 8.41. The summed E-state index contributed by atoms with van der Waals surface area (Å²) in [5.74, 6) is 0.965. The van der Waals surface area contributed by atoms with Crippen molar-refractivity contribution in [3.05, 3.63) is 198 Å². The van der Waals surface area contributed by atoms with Gasteiger partial charge in [-0.2, -0.15) is 0 Å². The van der Waals surface area contributed by atoms with E-state index in [4.69, 9.17) is 15.3 Å². The first kappa shape index (κ1) is 53.1. The first-order valence-electron chi connectivity index (χ1n) is 19.7. The number of hydrogen-bond acceptors (Lipinski definition) is 3. The Labute approximate surface area is 331 Å². The average Bonchev–Trinajstić information content (AvgIpc) is 3.25. The van der Waals surface area contributed by atoms with Gasteiger partial charge in [-0.15, -0.1) is 0 Å². The van der Waals surface area contributed by atoms with Crippen LogP contribution in [0.2, 0.25) is 0 Å². The third kappa shape index (κ3) is 35.1. The molecule has 0 unspecified atom stereocenters. The van der Waals surface area contributed by atoms with Gasteiger partial charge in [0.1, 0.15) is 17.2 Å². The minimum absolute atomic E-state index is 0.322. The van der Waals surface area contributed by atoms with Crippen LogP contribution in [-0.4, -0.2) is 15.3 Å². The molecule has 0 aliphatic heterocycles. The van der Waals surface area contributed by atoms with Crippen LogP contribution in [0.25, 0.3) is 0 Å². The van der Waals surface area contributed by atoms with Crippen LogP contribution in [0.4, 0.5) is 0 Å². The zero-order chi connectivity index (χ0) is 41.1. The molecule has 6 aromatic carbocycles. The van der Waals surface area contributed by atoms with Crippen molar-refractivity contribution < 1.29 is 15.3 Å². The first-order chi connectivity index (χ1) is 26.3. The summed E-state index contributed by atoms with van der Waals surface area (Å²) in [6, 6.07) is 55.8. The van der Waals surface area contributed by atoms with Crippen LogP contribution in [0.3, 0.4) is 0 Å². The molecular formula is C51H72O3. The van der Waals surface area contributed by atoms with E-state index in [2.05, 4.69) is 90.1 Å². The number of hydrogen-bond donors (Lipinski definition) is 3. The summed E-state index contributed by atoms with van der Waals surface area (Å²) in [6.45, 7) is 21.0. The highest BCUT2D eigenvalue weighted by atomic mass is 16.3. The maximum atomic E-state index is 8.63. The number of para-hydroxylation sites is 3. The van der Waals surface area contributed by atoms with Crippen LogP contribution in [0.15, 0.2) is 176 Å². The summed E-state index contributed by atoms with van der Waals surface area (Å²) in [7, 11) is 0. The fourth-order valence-corrected chi connectivity index (χ4v) is 3.69. The van der Waals surface area contributed by atoms with Crippen LogP contribution >= 0.6 is 0 Å². The quantitative estimate of drug-likeness (QED) is 0.169. The second kappa shape index (κ2) is 42.1. The van der Waals surface area contributed by atoms with Crippen molar-refractivity contribution in [1.82, 2.24) is 0 Å². The molecule has 0 amide bonds. The lowest BCUT2D eigenvalue weighted by atomic mass is 10.1. The molecule has 0 saturated carbocycles. The van der Waals surface area contributed by atoms with Crippen LogP contribution in [-0.2, 0) is 25.7 Å². The van der Waals surface area contributed by atoms with Crippen molar-refractivity contribution in [2.45, 2.75) is 101 Å². The lowest BCUT2D eigenvalue weighted by Gasteiger charge is -1.97. The molecule has 0 aromatic heterocycles. The Balaban J connectivity index is -0.000000563. The molecule has 3 nitrogen and oxygen atoms in total. The van der Waals surface area contributed by atoms with Gasteiger partial charge < -0.3 is 15.3 Å². The molecule has 54 heavy (non-hydrogen) atoms. The number of benzene rings is 6. The second-order valence-electron chi connectivity index (χ2n) is 10.9. The van der Waals surface area contributed by atoms with Crippen LogP contribution in [0.1, 0.15) is 97.9 Å². The van der Waals surface area contributed by atoms with Crippen molar-refractivity contribution in [2.24, 2.45) is 0 Å². The van der Waals surface area contributed by atoms with E-state index in [0.29, 0.717) is 17.2 Å². The molecule has 6 rings (SSSR count). The Kier molecular flexibility index (Phi) is 41.4. The number of aryl methyl sites for hydroxylation is 4. The topological polar surface area (TPSA) is 60.7 Å². The zero-order valence-corrected chi connectivity index (χ0v) is 35.1. The third-order valence-electron chi connectivity index (χ3n) is 6.61. The van der Waals surface area contributed by atoms with E-state index < -0.39 is 0 Å². The van der Waals surface area contributed by atoms with Crippen molar-refractivity contribution in [3.8, 4) is 17.2 Å². The molecular weight excluding hydrogens is 661 g/mol. The summed E-state index contributed by atoms with van der Waals surface area (Å²) in [5, 5.41) is 25.9. The van der Waals surface area contributed by atoms with Gasteiger partial charge in [0.2, 0.25) is 0 Å². The Hall–Kier alpha value is -5.28. The lowest BCUT2D eigenvalue weighted by molar-refractivity contribution is 0.475. The molecule has 0 bridgehead atoms. The van der Waals surface area contributed by atoms with Crippen molar-refractivity contribution in [1.29, 1.82) is 0 Å². The molecule has 0 radical (unpaired) electrons. The van der Waals surface area contributed by atoms with Crippen molar-refractivity contribution >= 4 is 0 Å². The van der Waals surface area contributed by atoms with E-state index >= 15 is 0 Å². The summed E-state index contributed by atoms with van der Waals surface area (Å²) < 4.78 is 0. The smallest absolute Gasteiger partial charge is 0.115 e. The summed E-state index contributed by atoms with van der Waals surface area (Å²) in [6.07, 6.45) is 5.82. The van der Waals surface area contributed by atoms with Crippen LogP contribution in [0.5, 0.6) is 17.2 Å². The number of phenols is 3. The number of aromatic hydroxyl groups is 3. The van der Waals surface area contributed by atoms with Crippen LogP contribution in [0, 0.1) is 0 Å². The van der Waals surface area contributed by atoms with E-state index in [1.54, 1.807) is 72.8 Å². The highest BCUT2D eigenvalue weighted by Crippen LogP contribution is 2.06. The largest absolute Gasteiger partial charge is 0.508 e. The molecule has 0 atom stereocenters. The molecule has 6 aromatic rings. The maximum absolute atomic E-state index is 8.63. The molecule has 0 fully saturated rings. The third-order valence-corrected chi connectivity index (χ3v) is 6.61. The molecule has 0 spiro atoms. The van der Waals surface area contributed by atoms with Gasteiger partial charge in [-0.3, -0.25) is 0 Å². The predicted octanol–water partition coefficient (Wildman–Crippen LogP) is 15.0. The Morgan fingerprint density at radius 1 is 0.259 bits per heavy atom. The van der Waals surface area contributed by atoms with Gasteiger partial charge in [0, 0.05) is 0 Å². The summed E-state index contributed by atoms with van der Waals surface area (Å²) in [4.78, 5) is 0. The number of phenolic OH excluding ortho intramolecular Hbond substituents is 3. The minimum Gasteiger partial charge on any atom is -0.508 e. The van der Waals surface area contributed by atoms with Gasteiger partial charge in [-0.05, 0) is 84.3 Å². The Bertz CT molecular complexity index is 1290. The fraction of sp³-hybridized carbons (Fsp3) is 0.294. The molecule has 0 saturated heterocycles. The van der Waals surface area contributed by atoms with Gasteiger partial charge >= 0.3 is 0 Å². The SMILES string of the molecule is CC.CC.CCC.CCc1ccc(CC)cc1.CCc1ccc(CC)cc1.Oc1ccccc1.Oc1ccccc1.Oc1ccccc1.c1ccccc1. The van der Waals surface area contributed by atoms with E-state index in [0.717, 1.165) is 25.7 Å². The summed E-state index contributed by atoms with van der Waals surface area (Å²) in [5.41, 5.74) is 5.71. The second-order valence-corrected chi connectivity index (χ2v) is 10.9. The lowest BCUT2D eigenvalue weighted by Crippen LogP contribution is -1.81.